The molecule has 0 spiro atoms. The summed E-state index contributed by atoms with van der Waals surface area (Å²) in [5.74, 6) is -1.26. The van der Waals surface area contributed by atoms with Crippen LogP contribution in [0.15, 0.2) is 60.7 Å². The van der Waals surface area contributed by atoms with E-state index in [1.807, 2.05) is 35.2 Å². The van der Waals surface area contributed by atoms with E-state index in [1.54, 1.807) is 30.3 Å². The second kappa shape index (κ2) is 16.2. The van der Waals surface area contributed by atoms with Crippen LogP contribution in [-0.2, 0) is 9.59 Å². The molecule has 4 fully saturated rings. The van der Waals surface area contributed by atoms with Crippen LogP contribution in [-0.4, -0.2) is 115 Å². The van der Waals surface area contributed by atoms with Crippen LogP contribution in [0.5, 0.6) is 5.75 Å². The van der Waals surface area contributed by atoms with Crippen molar-refractivity contribution in [2.24, 2.45) is 0 Å². The third kappa shape index (κ3) is 7.81. The molecule has 296 valence electrons. The van der Waals surface area contributed by atoms with Gasteiger partial charge >= 0.3 is 0 Å². The lowest BCUT2D eigenvalue weighted by atomic mass is 9.91. The normalized spacial score (nSPS) is 23.2. The molecule has 4 aliphatic heterocycles. The van der Waals surface area contributed by atoms with E-state index in [1.165, 1.54) is 0 Å². The number of nitrogens with one attached hydrogen (secondary N) is 1. The highest BCUT2D eigenvalue weighted by molar-refractivity contribution is 6.31. The van der Waals surface area contributed by atoms with E-state index in [2.05, 4.69) is 33.1 Å². The van der Waals surface area contributed by atoms with Crippen LogP contribution in [0.25, 0.3) is 0 Å². The smallest absolute Gasteiger partial charge is 0.262 e. The van der Waals surface area contributed by atoms with Crippen molar-refractivity contribution in [3.63, 3.8) is 0 Å². The molecule has 3 aromatic rings. The maximum atomic E-state index is 13.5. The highest BCUT2D eigenvalue weighted by Gasteiger charge is 2.45. The van der Waals surface area contributed by atoms with Gasteiger partial charge in [-0.2, -0.15) is 5.26 Å². The summed E-state index contributed by atoms with van der Waals surface area (Å²) in [6.07, 6.45) is 6.01. The molecule has 1 atom stereocenters. The average molecular weight is 792 g/mol. The number of carbonyl (C=O) groups excluding carboxylic acids is 5. The number of piperazine rings is 1. The van der Waals surface area contributed by atoms with Crippen molar-refractivity contribution >= 4 is 52.5 Å². The molecule has 5 aliphatic rings. The third-order valence-electron chi connectivity index (χ3n) is 12.4. The molecule has 0 bridgehead atoms. The number of nitrogens with zero attached hydrogens (tertiary/aromatic N) is 6. The Morgan fingerprint density at radius 1 is 0.825 bits per heavy atom. The molecule has 3 aromatic carbocycles. The highest BCUT2D eigenvalue weighted by atomic mass is 35.5. The number of carbonyl (C=O) groups is 5. The number of nitriles is 1. The fourth-order valence-corrected chi connectivity index (χ4v) is 9.28. The van der Waals surface area contributed by atoms with Gasteiger partial charge in [-0.3, -0.25) is 39.1 Å². The van der Waals surface area contributed by atoms with Crippen molar-refractivity contribution in [3.05, 3.63) is 87.9 Å². The first-order valence-electron chi connectivity index (χ1n) is 19.9. The Morgan fingerprint density at radius 3 is 2.19 bits per heavy atom. The molecule has 8 rings (SSSR count). The van der Waals surface area contributed by atoms with Gasteiger partial charge < -0.3 is 19.4 Å². The van der Waals surface area contributed by atoms with E-state index in [0.29, 0.717) is 52.6 Å². The van der Waals surface area contributed by atoms with Gasteiger partial charge in [0.15, 0.2) is 0 Å². The second-order valence-corrected chi connectivity index (χ2v) is 16.1. The number of hydrogen-bond acceptors (Lipinski definition) is 10. The Kier molecular flexibility index (Phi) is 10.9. The summed E-state index contributed by atoms with van der Waals surface area (Å²) in [6, 6.07) is 20.3. The summed E-state index contributed by atoms with van der Waals surface area (Å²) in [6.45, 7) is 4.56. The second-order valence-electron chi connectivity index (χ2n) is 15.7. The van der Waals surface area contributed by atoms with Crippen LogP contribution in [0, 0.1) is 11.3 Å². The minimum atomic E-state index is -0.981. The Balaban J connectivity index is 0.783. The van der Waals surface area contributed by atoms with Crippen molar-refractivity contribution in [1.29, 1.82) is 5.26 Å². The molecule has 1 N–H and O–H groups in total. The molecular formula is C43H46ClN7O6. The predicted molar refractivity (Wildman–Crippen MR) is 214 cm³/mol. The van der Waals surface area contributed by atoms with Gasteiger partial charge in [-0.15, -0.1) is 0 Å². The summed E-state index contributed by atoms with van der Waals surface area (Å²) in [5, 5.41) is 11.8. The number of piperidine rings is 2. The van der Waals surface area contributed by atoms with Gasteiger partial charge in [-0.25, -0.2) is 0 Å². The lowest BCUT2D eigenvalue weighted by molar-refractivity contribution is -0.136. The largest absolute Gasteiger partial charge is 0.490 e. The van der Waals surface area contributed by atoms with Crippen LogP contribution >= 0.6 is 11.6 Å². The van der Waals surface area contributed by atoms with Gasteiger partial charge in [-0.05, 0) is 99.5 Å². The number of halogens is 1. The number of hydrogen-bond donors (Lipinski definition) is 1. The number of imide groups is 2. The number of ether oxygens (including phenoxy) is 1. The topological polar surface area (TPSA) is 147 Å². The highest BCUT2D eigenvalue weighted by Crippen LogP contribution is 2.33. The van der Waals surface area contributed by atoms with Crippen LogP contribution in [0.4, 0.5) is 11.4 Å². The van der Waals surface area contributed by atoms with Crippen molar-refractivity contribution in [1.82, 2.24) is 20.0 Å². The summed E-state index contributed by atoms with van der Waals surface area (Å²) in [7, 11) is 2.11. The molecule has 0 radical (unpaired) electrons. The first kappa shape index (κ1) is 38.4. The number of benzene rings is 3. The fraction of sp³-hybridized carbons (Fsp3) is 0.442. The predicted octanol–water partition coefficient (Wildman–Crippen LogP) is 4.87. The van der Waals surface area contributed by atoms with Crippen molar-refractivity contribution in [3.8, 4) is 11.8 Å². The summed E-state index contributed by atoms with van der Waals surface area (Å²) in [4.78, 5) is 74.0. The SMILES string of the molecule is CN(c1ccc(C(=O)N2CCN(C3CCN(c4ccc5c(c4)C(=O)N(C4CCC(=O)NC4=O)C5=O)CC3)CC2)cc1)[C@H]1CC[C@H](Oc2ccc(C#N)c(Cl)c2)CC1. The number of rotatable bonds is 8. The molecule has 1 unspecified atom stereocenters. The first-order valence-corrected chi connectivity index (χ1v) is 20.3. The lowest BCUT2D eigenvalue weighted by Crippen LogP contribution is -2.54. The zero-order valence-electron chi connectivity index (χ0n) is 32.0. The Bertz CT molecular complexity index is 2110. The zero-order valence-corrected chi connectivity index (χ0v) is 32.7. The van der Waals surface area contributed by atoms with Crippen LogP contribution < -0.4 is 19.9 Å². The standard InChI is InChI=1S/C43H46ClN7O6/c1-47(30-7-11-33(12-8-30)57-34-10-4-28(26-45)37(44)25-34)29-5-2-27(3-6-29)41(54)50-22-20-49(21-23-50)31-16-18-48(19-17-31)32-9-13-35-36(24-32)43(56)51(42(35)55)38-14-15-39(52)46-40(38)53/h2-6,9-10,13,24-25,30-31,33,38H,7-8,11-12,14-23H2,1H3,(H,46,52,53)/t30-,33-,38?. The molecule has 0 aromatic heterocycles. The minimum absolute atomic E-state index is 0.0556. The van der Waals surface area contributed by atoms with E-state index >= 15 is 0 Å². The Hall–Kier alpha value is -5.45. The first-order chi connectivity index (χ1) is 27.6. The maximum absolute atomic E-state index is 13.5. The molecule has 1 saturated carbocycles. The summed E-state index contributed by atoms with van der Waals surface area (Å²) < 4.78 is 6.18. The van der Waals surface area contributed by atoms with Gasteiger partial charge in [0.1, 0.15) is 17.9 Å². The number of fused-ring (bicyclic) bond motifs is 1. The lowest BCUT2D eigenvalue weighted by Gasteiger charge is -2.43. The minimum Gasteiger partial charge on any atom is -0.490 e. The molecule has 14 heteroatoms. The summed E-state index contributed by atoms with van der Waals surface area (Å²) >= 11 is 6.19. The molecule has 3 saturated heterocycles. The quantitative estimate of drug-likeness (QED) is 0.314. The zero-order chi connectivity index (χ0) is 39.8. The third-order valence-corrected chi connectivity index (χ3v) is 12.8. The van der Waals surface area contributed by atoms with Gasteiger partial charge in [0, 0.05) is 87.8 Å². The van der Waals surface area contributed by atoms with Crippen LogP contribution in [0.1, 0.15) is 88.0 Å². The molecule has 57 heavy (non-hydrogen) atoms. The van der Waals surface area contributed by atoms with E-state index in [4.69, 9.17) is 21.6 Å². The van der Waals surface area contributed by atoms with E-state index in [9.17, 15) is 24.0 Å². The van der Waals surface area contributed by atoms with Crippen LogP contribution in [0.3, 0.4) is 0 Å². The van der Waals surface area contributed by atoms with E-state index in [-0.39, 0.29) is 30.4 Å². The fourth-order valence-electron chi connectivity index (χ4n) is 9.07. The molecule has 5 amide bonds. The Morgan fingerprint density at radius 2 is 1.53 bits per heavy atom. The number of amides is 5. The number of anilines is 2. The van der Waals surface area contributed by atoms with Gasteiger partial charge in [0.2, 0.25) is 11.8 Å². The van der Waals surface area contributed by atoms with E-state index in [0.717, 1.165) is 81.0 Å². The van der Waals surface area contributed by atoms with Gasteiger partial charge in [-0.1, -0.05) is 11.6 Å². The summed E-state index contributed by atoms with van der Waals surface area (Å²) in [5.41, 5.74) is 3.67. The Labute approximate surface area is 337 Å². The monoisotopic (exact) mass is 791 g/mol. The van der Waals surface area contributed by atoms with E-state index < -0.39 is 29.7 Å². The van der Waals surface area contributed by atoms with Gasteiger partial charge in [0.05, 0.1) is 27.8 Å². The molecule has 1 aliphatic carbocycles. The average Bonchev–Trinajstić information content (AvgIpc) is 3.48. The molecule has 4 heterocycles. The van der Waals surface area contributed by atoms with Gasteiger partial charge in [0.25, 0.3) is 17.7 Å². The maximum Gasteiger partial charge on any atom is 0.262 e. The van der Waals surface area contributed by atoms with Crippen LogP contribution in [0.2, 0.25) is 5.02 Å². The van der Waals surface area contributed by atoms with Crippen molar-refractivity contribution in [2.75, 3.05) is 56.1 Å². The molecule has 13 nitrogen and oxygen atoms in total. The van der Waals surface area contributed by atoms with Crippen molar-refractivity contribution < 1.29 is 28.7 Å². The van der Waals surface area contributed by atoms with Crippen molar-refractivity contribution in [2.45, 2.75) is 75.6 Å². The molecular weight excluding hydrogens is 746 g/mol.